The molecular formula is C28H29N7O. The molecular weight excluding hydrogens is 450 g/mol. The summed E-state index contributed by atoms with van der Waals surface area (Å²) in [6, 6.07) is 21.1. The van der Waals surface area contributed by atoms with Crippen LogP contribution in [0.25, 0.3) is 0 Å². The molecule has 1 aliphatic rings. The fraction of sp³-hybridized carbons (Fsp3) is 0.214. The van der Waals surface area contributed by atoms with Crippen LogP contribution in [0, 0.1) is 0 Å². The largest absolute Gasteiger partial charge is 0.322 e. The Morgan fingerprint density at radius 2 is 1.58 bits per heavy atom. The average Bonchev–Trinajstić information content (AvgIpc) is 2.93. The van der Waals surface area contributed by atoms with Crippen LogP contribution in [0.15, 0.2) is 91.5 Å². The van der Waals surface area contributed by atoms with E-state index in [1.807, 2.05) is 65.6 Å². The summed E-state index contributed by atoms with van der Waals surface area (Å²) in [6.45, 7) is 5.25. The van der Waals surface area contributed by atoms with E-state index in [0.717, 1.165) is 44.1 Å². The highest BCUT2D eigenvalue weighted by atomic mass is 16.1. The van der Waals surface area contributed by atoms with E-state index < -0.39 is 0 Å². The Morgan fingerprint density at radius 1 is 0.861 bits per heavy atom. The maximum atomic E-state index is 12.8. The van der Waals surface area contributed by atoms with Crippen LogP contribution in [-0.4, -0.2) is 63.9 Å². The number of carbonyl (C=O) groups is 1. The Morgan fingerprint density at radius 3 is 2.25 bits per heavy atom. The summed E-state index contributed by atoms with van der Waals surface area (Å²) in [7, 11) is 2.16. The highest BCUT2D eigenvalue weighted by Gasteiger charge is 2.16. The molecule has 0 unspecified atom stereocenters. The fourth-order valence-electron chi connectivity index (χ4n) is 4.20. The molecule has 2 aromatic heterocycles. The van der Waals surface area contributed by atoms with E-state index in [-0.39, 0.29) is 5.91 Å². The molecule has 1 N–H and O–H groups in total. The Bertz CT molecular complexity index is 1220. The first-order chi connectivity index (χ1) is 17.7. The van der Waals surface area contributed by atoms with Crippen LogP contribution in [0.5, 0.6) is 0 Å². The third kappa shape index (κ3) is 5.73. The lowest BCUT2D eigenvalue weighted by Crippen LogP contribution is -2.43. The van der Waals surface area contributed by atoms with Crippen molar-refractivity contribution in [3.8, 4) is 0 Å². The number of amides is 1. The highest BCUT2D eigenvalue weighted by molar-refractivity contribution is 6.04. The van der Waals surface area contributed by atoms with Gasteiger partial charge in [-0.2, -0.15) is 0 Å². The van der Waals surface area contributed by atoms with E-state index in [4.69, 9.17) is 0 Å². The first-order valence-corrected chi connectivity index (χ1v) is 12.0. The van der Waals surface area contributed by atoms with Gasteiger partial charge >= 0.3 is 0 Å². The van der Waals surface area contributed by atoms with E-state index in [1.54, 1.807) is 30.9 Å². The minimum atomic E-state index is -0.135. The molecule has 1 fully saturated rings. The first-order valence-electron chi connectivity index (χ1n) is 12.0. The summed E-state index contributed by atoms with van der Waals surface area (Å²) in [5.74, 6) is 0.406. The first kappa shape index (κ1) is 23.6. The second-order valence-electron chi connectivity index (χ2n) is 8.87. The molecule has 5 rings (SSSR count). The number of benzene rings is 2. The van der Waals surface area contributed by atoms with Crippen LogP contribution < -0.4 is 10.2 Å². The molecule has 8 nitrogen and oxygen atoms in total. The van der Waals surface area contributed by atoms with Crippen LogP contribution in [0.3, 0.4) is 0 Å². The van der Waals surface area contributed by atoms with Crippen molar-refractivity contribution in [3.63, 3.8) is 0 Å². The van der Waals surface area contributed by atoms with E-state index >= 15 is 0 Å². The molecule has 4 aromatic rings. The molecule has 2 aromatic carbocycles. The molecule has 0 bridgehead atoms. The van der Waals surface area contributed by atoms with Gasteiger partial charge in [0.1, 0.15) is 0 Å². The Balaban J connectivity index is 1.25. The number of carbonyl (C=O) groups excluding carboxylic acids is 1. The second-order valence-corrected chi connectivity index (χ2v) is 8.87. The molecule has 182 valence electrons. The van der Waals surface area contributed by atoms with E-state index in [0.29, 0.717) is 17.2 Å². The SMILES string of the molecule is CN1CCN(Cc2ccc(C(=O)Nc3ccc(N(c4cccnc4)c4ncccn4)cc3)cc2)CC1. The molecule has 0 saturated carbocycles. The van der Waals surface area contributed by atoms with Crippen molar-refractivity contribution in [1.29, 1.82) is 0 Å². The number of nitrogens with one attached hydrogen (secondary N) is 1. The maximum Gasteiger partial charge on any atom is 0.255 e. The van der Waals surface area contributed by atoms with Crippen LogP contribution >= 0.6 is 0 Å². The lowest BCUT2D eigenvalue weighted by Gasteiger charge is -2.32. The molecule has 1 saturated heterocycles. The summed E-state index contributed by atoms with van der Waals surface area (Å²) in [5, 5.41) is 2.99. The van der Waals surface area contributed by atoms with Gasteiger partial charge in [-0.1, -0.05) is 12.1 Å². The highest BCUT2D eigenvalue weighted by Crippen LogP contribution is 2.31. The second kappa shape index (κ2) is 11.1. The molecule has 1 aliphatic heterocycles. The van der Waals surface area contributed by atoms with Gasteiger partial charge in [-0.05, 0) is 67.2 Å². The van der Waals surface area contributed by atoms with Crippen molar-refractivity contribution in [2.24, 2.45) is 0 Å². The zero-order chi connectivity index (χ0) is 24.7. The van der Waals surface area contributed by atoms with Gasteiger partial charge in [0.25, 0.3) is 5.91 Å². The average molecular weight is 480 g/mol. The number of pyridine rings is 1. The van der Waals surface area contributed by atoms with Crippen LogP contribution in [0.4, 0.5) is 23.0 Å². The van der Waals surface area contributed by atoms with Crippen molar-refractivity contribution >= 4 is 28.9 Å². The van der Waals surface area contributed by atoms with E-state index in [2.05, 4.69) is 37.1 Å². The smallest absolute Gasteiger partial charge is 0.255 e. The zero-order valence-electron chi connectivity index (χ0n) is 20.3. The van der Waals surface area contributed by atoms with Crippen molar-refractivity contribution in [2.45, 2.75) is 6.54 Å². The van der Waals surface area contributed by atoms with Crippen molar-refractivity contribution in [1.82, 2.24) is 24.8 Å². The molecule has 0 radical (unpaired) electrons. The van der Waals surface area contributed by atoms with Crippen LogP contribution in [0.2, 0.25) is 0 Å². The van der Waals surface area contributed by atoms with E-state index in [1.165, 1.54) is 5.56 Å². The van der Waals surface area contributed by atoms with Crippen LogP contribution in [-0.2, 0) is 6.54 Å². The lowest BCUT2D eigenvalue weighted by molar-refractivity contribution is 0.102. The van der Waals surface area contributed by atoms with Gasteiger partial charge in [0.05, 0.1) is 11.9 Å². The molecule has 0 spiro atoms. The molecule has 0 atom stereocenters. The Kier molecular flexibility index (Phi) is 7.25. The maximum absolute atomic E-state index is 12.8. The third-order valence-electron chi connectivity index (χ3n) is 6.26. The van der Waals surface area contributed by atoms with Crippen LogP contribution in [0.1, 0.15) is 15.9 Å². The quantitative estimate of drug-likeness (QED) is 0.422. The summed E-state index contributed by atoms with van der Waals surface area (Å²) in [6.07, 6.45) is 6.90. The molecule has 1 amide bonds. The minimum Gasteiger partial charge on any atom is -0.322 e. The van der Waals surface area contributed by atoms with E-state index in [9.17, 15) is 4.79 Å². The number of piperazine rings is 1. The summed E-state index contributed by atoms with van der Waals surface area (Å²) in [4.78, 5) is 32.6. The number of rotatable bonds is 7. The van der Waals surface area contributed by atoms with Gasteiger partial charge in [0.2, 0.25) is 5.95 Å². The number of aromatic nitrogens is 3. The third-order valence-corrected chi connectivity index (χ3v) is 6.26. The van der Waals surface area contributed by atoms with Gasteiger partial charge in [0.15, 0.2) is 0 Å². The Labute approximate surface area is 211 Å². The molecule has 36 heavy (non-hydrogen) atoms. The number of hydrogen-bond donors (Lipinski definition) is 1. The normalized spacial score (nSPS) is 14.4. The monoisotopic (exact) mass is 479 g/mol. The summed E-state index contributed by atoms with van der Waals surface area (Å²) in [5.41, 5.74) is 4.28. The fourth-order valence-corrected chi connectivity index (χ4v) is 4.20. The standard InChI is InChI=1S/C28H29N7O/c1-33-16-18-34(19-17-33)21-22-5-7-23(8-6-22)27(36)32-24-9-11-25(12-10-24)35(26-4-2-13-29-20-26)28-30-14-3-15-31-28/h2-15,20H,16-19,21H2,1H3,(H,32,36). The summed E-state index contributed by atoms with van der Waals surface area (Å²) >= 11 is 0. The number of hydrogen-bond acceptors (Lipinski definition) is 7. The minimum absolute atomic E-state index is 0.135. The van der Waals surface area contributed by atoms with Gasteiger partial charge in [-0.15, -0.1) is 0 Å². The molecule has 0 aliphatic carbocycles. The predicted octanol–water partition coefficient (Wildman–Crippen LogP) is 4.34. The molecule has 8 heteroatoms. The van der Waals surface area contributed by atoms with Gasteiger partial charge in [-0.3, -0.25) is 19.6 Å². The number of nitrogens with zero attached hydrogens (tertiary/aromatic N) is 6. The van der Waals surface area contributed by atoms with Crippen molar-refractivity contribution in [2.75, 3.05) is 43.4 Å². The van der Waals surface area contributed by atoms with Crippen molar-refractivity contribution < 1.29 is 4.79 Å². The van der Waals surface area contributed by atoms with Gasteiger partial charge < -0.3 is 10.2 Å². The lowest BCUT2D eigenvalue weighted by atomic mass is 10.1. The predicted molar refractivity (Wildman–Crippen MR) is 142 cm³/mol. The van der Waals surface area contributed by atoms with Gasteiger partial charge in [-0.25, -0.2) is 9.97 Å². The van der Waals surface area contributed by atoms with Gasteiger partial charge in [0, 0.05) is 68.3 Å². The summed E-state index contributed by atoms with van der Waals surface area (Å²) < 4.78 is 0. The topological polar surface area (TPSA) is 77.5 Å². The number of likely N-dealkylation sites (N-methyl/N-ethyl adjacent to an activating group) is 1. The van der Waals surface area contributed by atoms with Crippen molar-refractivity contribution in [3.05, 3.63) is 103 Å². The molecule has 3 heterocycles. The zero-order valence-corrected chi connectivity index (χ0v) is 20.3. The Hall–Kier alpha value is -4.14. The number of anilines is 4.